The zero-order valence-corrected chi connectivity index (χ0v) is 29.5. The number of nitrogens with one attached hydrogen (secondary N) is 2. The van der Waals surface area contributed by atoms with Crippen molar-refractivity contribution < 1.29 is 9.53 Å². The molecule has 0 saturated carbocycles. The summed E-state index contributed by atoms with van der Waals surface area (Å²) in [4.78, 5) is 16.9. The zero-order valence-electron chi connectivity index (χ0n) is 29.5. The molecule has 5 heteroatoms. The summed E-state index contributed by atoms with van der Waals surface area (Å²) in [5.41, 5.74) is 5.52. The van der Waals surface area contributed by atoms with Crippen LogP contribution in [-0.2, 0) is 17.6 Å². The van der Waals surface area contributed by atoms with Gasteiger partial charge in [0.15, 0.2) is 0 Å². The highest BCUT2D eigenvalue weighted by atomic mass is 16.5. The maximum Gasteiger partial charge on any atom is 0.229 e. The maximum absolute atomic E-state index is 12.1. The van der Waals surface area contributed by atoms with Gasteiger partial charge in [0.05, 0.1) is 6.42 Å². The van der Waals surface area contributed by atoms with Gasteiger partial charge in [0, 0.05) is 17.5 Å². The molecule has 2 N–H and O–H groups in total. The van der Waals surface area contributed by atoms with Crippen molar-refractivity contribution in [3.8, 4) is 5.75 Å². The van der Waals surface area contributed by atoms with Crippen molar-refractivity contribution in [1.29, 1.82) is 0 Å². The van der Waals surface area contributed by atoms with E-state index in [1.807, 2.05) is 39.8 Å². The summed E-state index contributed by atoms with van der Waals surface area (Å²) in [7, 11) is 0. The molecule has 2 unspecified atom stereocenters. The molecule has 0 aromatic heterocycles. The molecule has 5 nitrogen and oxygen atoms in total. The molecule has 0 bridgehead atoms. The normalized spacial score (nSPS) is 23.1. The van der Waals surface area contributed by atoms with Crippen LogP contribution in [0.1, 0.15) is 142 Å². The van der Waals surface area contributed by atoms with E-state index in [-0.39, 0.29) is 11.4 Å². The minimum absolute atomic E-state index is 0.00452. The number of amides is 1. The second kappa shape index (κ2) is 17.4. The highest BCUT2D eigenvalue weighted by Gasteiger charge is 2.39. The molecule has 0 radical (unpaired) electrons. The molecule has 2 heterocycles. The van der Waals surface area contributed by atoms with Crippen LogP contribution in [0.15, 0.2) is 54.0 Å². The van der Waals surface area contributed by atoms with Crippen LogP contribution in [0.25, 0.3) is 5.57 Å². The fraction of sp³-hybridized carbons (Fsp3) is 0.590. The van der Waals surface area contributed by atoms with E-state index in [0.29, 0.717) is 18.8 Å². The van der Waals surface area contributed by atoms with Crippen LogP contribution in [0, 0.1) is 5.92 Å². The number of nitrogens with zero attached hydrogens (tertiary/aromatic N) is 1. The average Bonchev–Trinajstić information content (AvgIpc) is 3.52. The number of hydrogen-bond donors (Lipinski definition) is 2. The molecule has 2 aromatic carbocycles. The fourth-order valence-corrected chi connectivity index (χ4v) is 6.18. The summed E-state index contributed by atoms with van der Waals surface area (Å²) in [6, 6.07) is 15.1. The first-order chi connectivity index (χ1) is 21.0. The molecule has 44 heavy (non-hydrogen) atoms. The molecular formula is C39H61N3O2. The second-order valence-electron chi connectivity index (χ2n) is 12.6. The Kier molecular flexibility index (Phi) is 14.7. The second-order valence-corrected chi connectivity index (χ2v) is 12.6. The first-order valence-corrected chi connectivity index (χ1v) is 17.3. The van der Waals surface area contributed by atoms with Gasteiger partial charge < -0.3 is 10.1 Å². The molecule has 1 amide bonds. The van der Waals surface area contributed by atoms with E-state index in [1.165, 1.54) is 32.1 Å². The van der Waals surface area contributed by atoms with Crippen LogP contribution in [-0.4, -0.2) is 23.1 Å². The van der Waals surface area contributed by atoms with Gasteiger partial charge >= 0.3 is 0 Å². The summed E-state index contributed by atoms with van der Waals surface area (Å²) in [6.07, 6.45) is 9.47. The van der Waals surface area contributed by atoms with Crippen molar-refractivity contribution in [3.63, 3.8) is 0 Å². The van der Waals surface area contributed by atoms with E-state index in [1.54, 1.807) is 11.1 Å². The first kappa shape index (κ1) is 37.1. The molecule has 2 aromatic rings. The van der Waals surface area contributed by atoms with Crippen LogP contribution >= 0.6 is 0 Å². The summed E-state index contributed by atoms with van der Waals surface area (Å²) >= 11 is 0. The van der Waals surface area contributed by atoms with E-state index in [2.05, 4.69) is 89.1 Å². The van der Waals surface area contributed by atoms with Gasteiger partial charge in [-0.05, 0) is 80.2 Å². The van der Waals surface area contributed by atoms with Crippen molar-refractivity contribution in [3.05, 3.63) is 71.3 Å². The number of ether oxygens (including phenoxy) is 1. The summed E-state index contributed by atoms with van der Waals surface area (Å²) < 4.78 is 6.09. The number of rotatable bonds is 7. The molecule has 5 rings (SSSR count). The fourth-order valence-electron chi connectivity index (χ4n) is 6.18. The van der Waals surface area contributed by atoms with Crippen molar-refractivity contribution in [1.82, 2.24) is 10.6 Å². The number of fused-ring (bicyclic) bond motifs is 2. The van der Waals surface area contributed by atoms with Gasteiger partial charge in [-0.25, -0.2) is 4.99 Å². The Balaban J connectivity index is 0.000000296. The Bertz CT molecular complexity index is 1240. The first-order valence-electron chi connectivity index (χ1n) is 17.3. The van der Waals surface area contributed by atoms with Gasteiger partial charge in [-0.3, -0.25) is 10.1 Å². The Hall–Kier alpha value is -3.08. The number of unbranched alkanes of at least 4 members (excludes halogenated alkanes) is 1. The van der Waals surface area contributed by atoms with Crippen LogP contribution < -0.4 is 15.4 Å². The van der Waals surface area contributed by atoms with Crippen LogP contribution in [0.2, 0.25) is 0 Å². The van der Waals surface area contributed by atoms with Crippen LogP contribution in [0.5, 0.6) is 5.75 Å². The van der Waals surface area contributed by atoms with E-state index in [9.17, 15) is 4.79 Å². The minimum atomic E-state index is -0.726. The monoisotopic (exact) mass is 603 g/mol. The Morgan fingerprint density at radius 3 is 2.23 bits per heavy atom. The smallest absolute Gasteiger partial charge is 0.229 e. The van der Waals surface area contributed by atoms with E-state index < -0.39 is 5.72 Å². The molecule has 1 aliphatic carbocycles. The molecule has 3 aliphatic rings. The van der Waals surface area contributed by atoms with Gasteiger partial charge in [0.1, 0.15) is 5.75 Å². The lowest BCUT2D eigenvalue weighted by atomic mass is 9.87. The van der Waals surface area contributed by atoms with E-state index >= 15 is 0 Å². The summed E-state index contributed by atoms with van der Waals surface area (Å²) in [6.45, 7) is 25.2. The van der Waals surface area contributed by atoms with Crippen molar-refractivity contribution in [2.24, 2.45) is 10.9 Å². The van der Waals surface area contributed by atoms with Gasteiger partial charge in [-0.1, -0.05) is 117 Å². The SMILES string of the molecule is C=C(C)c1ccc2c(c1)CC(C)(/N=C1\NC(=O)CC(CC)(CC)N1)O2.CC.CCCC.CCC[C@@H]1c2ccccc2CC1C. The van der Waals surface area contributed by atoms with E-state index in [0.717, 1.165) is 47.1 Å². The van der Waals surface area contributed by atoms with Crippen LogP contribution in [0.3, 0.4) is 0 Å². The number of benzene rings is 2. The lowest BCUT2D eigenvalue weighted by molar-refractivity contribution is -0.122. The van der Waals surface area contributed by atoms with Crippen molar-refractivity contribution in [2.45, 2.75) is 144 Å². The standard InChI is InChI=1S/C20H27N3O2.C13H18.C4H10.C2H6/c1-6-20(7-2)12-17(24)21-18(23-20)22-19(5)11-15-10-14(13(3)4)8-9-16(15)25-19;1-3-6-12-10(2)9-11-7-4-5-8-13(11)12;1-3-4-2;1-2/h8-10H,3,6-7,11-12H2,1-2,4-5H3,(H2,21,22,23,24);4-5,7-8,10,12H,3,6,9H2,1-2H3;3-4H2,1-2H3;1-2H3/t;10?,12-;;/m.0../s1. The van der Waals surface area contributed by atoms with Gasteiger partial charge in [0.25, 0.3) is 0 Å². The number of guanidine groups is 1. The highest BCUT2D eigenvalue weighted by molar-refractivity contribution is 6.00. The summed E-state index contributed by atoms with van der Waals surface area (Å²) in [5, 5.41) is 6.28. The van der Waals surface area contributed by atoms with E-state index in [4.69, 9.17) is 9.73 Å². The molecule has 1 saturated heterocycles. The number of hydrogen-bond acceptors (Lipinski definition) is 3. The molecule has 244 valence electrons. The predicted octanol–water partition coefficient (Wildman–Crippen LogP) is 9.99. The molecule has 3 atom stereocenters. The van der Waals surface area contributed by atoms with Gasteiger partial charge in [-0.2, -0.15) is 0 Å². The van der Waals surface area contributed by atoms with Gasteiger partial charge in [0.2, 0.25) is 17.6 Å². The Labute approximate surface area is 269 Å². The van der Waals surface area contributed by atoms with Crippen molar-refractivity contribution >= 4 is 17.4 Å². The summed E-state index contributed by atoms with van der Waals surface area (Å²) in [5.74, 6) is 3.05. The molecule has 0 spiro atoms. The molecule has 2 aliphatic heterocycles. The number of aliphatic imine (C=N–C) groups is 1. The molecule has 1 fully saturated rings. The highest BCUT2D eigenvalue weighted by Crippen LogP contribution is 2.40. The van der Waals surface area contributed by atoms with Crippen molar-refractivity contribution in [2.75, 3.05) is 0 Å². The third kappa shape index (κ3) is 9.71. The third-order valence-electron chi connectivity index (χ3n) is 9.03. The number of carbonyl (C=O) groups is 1. The maximum atomic E-state index is 12.1. The largest absolute Gasteiger partial charge is 0.466 e. The van der Waals surface area contributed by atoms with Crippen LogP contribution in [0.4, 0.5) is 0 Å². The quantitative estimate of drug-likeness (QED) is 0.331. The number of allylic oxidation sites excluding steroid dienone is 1. The predicted molar refractivity (Wildman–Crippen MR) is 189 cm³/mol. The number of carbonyl (C=O) groups excluding carboxylic acids is 1. The average molecular weight is 604 g/mol. The lowest BCUT2D eigenvalue weighted by Gasteiger charge is -2.38. The Morgan fingerprint density at radius 1 is 0.977 bits per heavy atom. The third-order valence-corrected chi connectivity index (χ3v) is 9.03. The van der Waals surface area contributed by atoms with Gasteiger partial charge in [-0.15, -0.1) is 0 Å². The minimum Gasteiger partial charge on any atom is -0.466 e. The lowest BCUT2D eigenvalue weighted by Crippen LogP contribution is -2.61. The topological polar surface area (TPSA) is 62.7 Å². The Morgan fingerprint density at radius 2 is 1.64 bits per heavy atom. The zero-order chi connectivity index (χ0) is 32.9. The molecular weight excluding hydrogens is 542 g/mol.